The molecular formula is C11H17F3IN5. The number of rotatable bonds is 4. The Hall–Kier alpha value is -1.26. The van der Waals surface area contributed by atoms with Gasteiger partial charge in [-0.05, 0) is 6.92 Å². The van der Waals surface area contributed by atoms with Gasteiger partial charge < -0.3 is 11.1 Å². The van der Waals surface area contributed by atoms with Gasteiger partial charge >= 0.3 is 6.18 Å². The van der Waals surface area contributed by atoms with Gasteiger partial charge in [0.05, 0.1) is 6.54 Å². The quantitative estimate of drug-likeness (QED) is 0.350. The fraction of sp³-hybridized carbons (Fsp3) is 0.455. The molecule has 5 nitrogen and oxygen atoms in total. The Morgan fingerprint density at radius 2 is 2.15 bits per heavy atom. The minimum atomic E-state index is -4.49. The number of hydrogen-bond acceptors (Lipinski definition) is 2. The Morgan fingerprint density at radius 3 is 2.65 bits per heavy atom. The van der Waals surface area contributed by atoms with Crippen molar-refractivity contribution in [2.75, 3.05) is 6.54 Å². The van der Waals surface area contributed by atoms with E-state index in [1.807, 2.05) is 0 Å². The summed E-state index contributed by atoms with van der Waals surface area (Å²) in [6, 6.07) is 0. The van der Waals surface area contributed by atoms with E-state index >= 15 is 0 Å². The van der Waals surface area contributed by atoms with Crippen LogP contribution in [-0.2, 0) is 19.8 Å². The van der Waals surface area contributed by atoms with Crippen LogP contribution in [-0.4, -0.2) is 22.3 Å². The minimum Gasteiger partial charge on any atom is -0.370 e. The molecule has 1 heterocycles. The molecule has 0 saturated heterocycles. The molecular weight excluding hydrogens is 386 g/mol. The lowest BCUT2D eigenvalue weighted by Crippen LogP contribution is -2.32. The van der Waals surface area contributed by atoms with Crippen molar-refractivity contribution in [3.63, 3.8) is 0 Å². The maximum absolute atomic E-state index is 12.7. The van der Waals surface area contributed by atoms with Crippen LogP contribution in [0.15, 0.2) is 23.3 Å². The summed E-state index contributed by atoms with van der Waals surface area (Å²) < 4.78 is 39.1. The summed E-state index contributed by atoms with van der Waals surface area (Å²) >= 11 is 0. The maximum Gasteiger partial charge on any atom is 0.435 e. The highest BCUT2D eigenvalue weighted by Gasteiger charge is 2.36. The van der Waals surface area contributed by atoms with E-state index in [-0.39, 0.29) is 42.0 Å². The predicted molar refractivity (Wildman–Crippen MR) is 81.8 cm³/mol. The first-order valence-electron chi connectivity index (χ1n) is 5.48. The summed E-state index contributed by atoms with van der Waals surface area (Å²) in [5, 5.41) is 6.12. The van der Waals surface area contributed by atoms with Crippen molar-refractivity contribution in [1.82, 2.24) is 15.1 Å². The number of nitrogens with two attached hydrogens (primary N) is 1. The summed E-state index contributed by atoms with van der Waals surface area (Å²) in [4.78, 5) is 3.84. The third kappa shape index (κ3) is 5.80. The molecule has 0 aliphatic carbocycles. The lowest BCUT2D eigenvalue weighted by Gasteiger charge is -2.06. The average Bonchev–Trinajstić information content (AvgIpc) is 2.65. The number of nitrogens with one attached hydrogen (secondary N) is 1. The monoisotopic (exact) mass is 403 g/mol. The van der Waals surface area contributed by atoms with E-state index in [2.05, 4.69) is 22.0 Å². The third-order valence-electron chi connectivity index (χ3n) is 2.16. The predicted octanol–water partition coefficient (Wildman–Crippen LogP) is 2.04. The molecule has 0 radical (unpaired) electrons. The highest BCUT2D eigenvalue weighted by Crippen LogP contribution is 2.30. The second-order valence-electron chi connectivity index (χ2n) is 4.19. The van der Waals surface area contributed by atoms with Gasteiger partial charge in [0.1, 0.15) is 0 Å². The zero-order valence-electron chi connectivity index (χ0n) is 11.2. The van der Waals surface area contributed by atoms with Crippen LogP contribution in [0.3, 0.4) is 0 Å². The number of aryl methyl sites for hydroxylation is 1. The zero-order chi connectivity index (χ0) is 14.6. The topological polar surface area (TPSA) is 68.2 Å². The van der Waals surface area contributed by atoms with E-state index in [9.17, 15) is 13.2 Å². The Kier molecular flexibility index (Phi) is 7.03. The standard InChI is InChI=1S/C11H16F3N5.HI/c1-7(2)4-16-10(15)17-5-8-6-19(3)18-9(8)11(12,13)14;/h6H,1,4-5H2,2-3H3,(H3,15,16,17);1H. The van der Waals surface area contributed by atoms with Crippen molar-refractivity contribution in [2.45, 2.75) is 19.6 Å². The number of halogens is 4. The lowest BCUT2D eigenvalue weighted by atomic mass is 10.2. The maximum atomic E-state index is 12.7. The average molecular weight is 403 g/mol. The largest absolute Gasteiger partial charge is 0.435 e. The fourth-order valence-electron chi connectivity index (χ4n) is 1.36. The van der Waals surface area contributed by atoms with Gasteiger partial charge in [0.25, 0.3) is 0 Å². The number of guanidine groups is 1. The number of aliphatic imine (C=N–C) groups is 1. The molecule has 1 aromatic rings. The summed E-state index contributed by atoms with van der Waals surface area (Å²) in [5.74, 6) is 0.0694. The summed E-state index contributed by atoms with van der Waals surface area (Å²) in [5.41, 5.74) is 5.41. The Balaban J connectivity index is 0.00000361. The first-order valence-corrected chi connectivity index (χ1v) is 5.48. The van der Waals surface area contributed by atoms with Gasteiger partial charge in [-0.2, -0.15) is 18.3 Å². The van der Waals surface area contributed by atoms with E-state index in [1.165, 1.54) is 13.2 Å². The van der Waals surface area contributed by atoms with Gasteiger partial charge in [-0.3, -0.25) is 4.68 Å². The van der Waals surface area contributed by atoms with E-state index in [0.717, 1.165) is 10.3 Å². The molecule has 0 amide bonds. The molecule has 0 unspecified atom stereocenters. The molecule has 0 saturated carbocycles. The molecule has 0 aliphatic heterocycles. The molecule has 0 spiro atoms. The Bertz CT molecular complexity index is 493. The van der Waals surface area contributed by atoms with Gasteiger partial charge in [-0.1, -0.05) is 12.2 Å². The first-order chi connectivity index (χ1) is 8.70. The van der Waals surface area contributed by atoms with Crippen LogP contribution in [0.2, 0.25) is 0 Å². The molecule has 1 rings (SSSR count). The van der Waals surface area contributed by atoms with Gasteiger partial charge in [-0.15, -0.1) is 24.0 Å². The number of hydrogen-bond donors (Lipinski definition) is 2. The van der Waals surface area contributed by atoms with Crippen LogP contribution in [0.5, 0.6) is 0 Å². The highest BCUT2D eigenvalue weighted by molar-refractivity contribution is 14.0. The molecule has 9 heteroatoms. The normalized spacial score (nSPS) is 11.9. The lowest BCUT2D eigenvalue weighted by molar-refractivity contribution is -0.142. The molecule has 1 aromatic heterocycles. The molecule has 3 N–H and O–H groups in total. The van der Waals surface area contributed by atoms with Crippen LogP contribution < -0.4 is 11.1 Å². The van der Waals surface area contributed by atoms with Gasteiger partial charge in [-0.25, -0.2) is 4.99 Å². The van der Waals surface area contributed by atoms with Crippen LogP contribution >= 0.6 is 24.0 Å². The Morgan fingerprint density at radius 1 is 1.55 bits per heavy atom. The van der Waals surface area contributed by atoms with Gasteiger partial charge in [0, 0.05) is 25.4 Å². The van der Waals surface area contributed by atoms with E-state index in [1.54, 1.807) is 6.92 Å². The van der Waals surface area contributed by atoms with Crippen molar-refractivity contribution in [3.8, 4) is 0 Å². The minimum absolute atomic E-state index is 0. The van der Waals surface area contributed by atoms with Crippen LogP contribution in [0.1, 0.15) is 18.2 Å². The molecule has 114 valence electrons. The van der Waals surface area contributed by atoms with Gasteiger partial charge in [0.15, 0.2) is 11.7 Å². The van der Waals surface area contributed by atoms with Crippen LogP contribution in [0.4, 0.5) is 13.2 Å². The SMILES string of the molecule is C=C(C)CNC(N)=NCc1cn(C)nc1C(F)(F)F.I. The van der Waals surface area contributed by atoms with Crippen molar-refractivity contribution in [1.29, 1.82) is 0 Å². The second kappa shape index (κ2) is 7.50. The second-order valence-corrected chi connectivity index (χ2v) is 4.19. The summed E-state index contributed by atoms with van der Waals surface area (Å²) in [7, 11) is 1.42. The van der Waals surface area contributed by atoms with E-state index in [0.29, 0.717) is 6.54 Å². The molecule has 0 aromatic carbocycles. The Labute approximate surface area is 132 Å². The zero-order valence-corrected chi connectivity index (χ0v) is 13.5. The highest BCUT2D eigenvalue weighted by atomic mass is 127. The van der Waals surface area contributed by atoms with Crippen molar-refractivity contribution >= 4 is 29.9 Å². The number of alkyl halides is 3. The van der Waals surface area contributed by atoms with E-state index < -0.39 is 11.9 Å². The van der Waals surface area contributed by atoms with Crippen molar-refractivity contribution < 1.29 is 13.2 Å². The number of aromatic nitrogens is 2. The first kappa shape index (κ1) is 18.7. The molecule has 0 atom stereocenters. The van der Waals surface area contributed by atoms with Crippen molar-refractivity contribution in [2.24, 2.45) is 17.8 Å². The summed E-state index contributed by atoms with van der Waals surface area (Å²) in [6.07, 6.45) is -3.22. The summed E-state index contributed by atoms with van der Waals surface area (Å²) in [6.45, 7) is 5.70. The third-order valence-corrected chi connectivity index (χ3v) is 2.16. The molecule has 20 heavy (non-hydrogen) atoms. The van der Waals surface area contributed by atoms with Crippen LogP contribution in [0, 0.1) is 0 Å². The van der Waals surface area contributed by atoms with Crippen molar-refractivity contribution in [3.05, 3.63) is 29.6 Å². The van der Waals surface area contributed by atoms with E-state index in [4.69, 9.17) is 5.73 Å². The molecule has 0 aliphatic rings. The van der Waals surface area contributed by atoms with Gasteiger partial charge in [0.2, 0.25) is 0 Å². The van der Waals surface area contributed by atoms with Crippen LogP contribution in [0.25, 0.3) is 0 Å². The molecule has 0 bridgehead atoms. The number of nitrogens with zero attached hydrogens (tertiary/aromatic N) is 3. The molecule has 0 fully saturated rings. The smallest absolute Gasteiger partial charge is 0.370 e. The fourth-order valence-corrected chi connectivity index (χ4v) is 1.36.